The molecule has 0 radical (unpaired) electrons. The second kappa shape index (κ2) is 5.75. The molecule has 0 aliphatic heterocycles. The zero-order valence-electron chi connectivity index (χ0n) is 11.1. The van der Waals surface area contributed by atoms with Gasteiger partial charge in [0.25, 0.3) is 0 Å². The number of hydrogen-bond acceptors (Lipinski definition) is 2. The molecule has 1 N–H and O–H groups in total. The minimum absolute atomic E-state index is 0.195. The smallest absolute Gasteiger partial charge is 0.120 e. The van der Waals surface area contributed by atoms with Crippen LogP contribution in [0.5, 0.6) is 5.75 Å². The third-order valence-corrected chi connectivity index (χ3v) is 2.37. The van der Waals surface area contributed by atoms with Crippen LogP contribution in [0, 0.1) is 12.3 Å². The molecule has 0 saturated heterocycles. The van der Waals surface area contributed by atoms with Gasteiger partial charge in [0.1, 0.15) is 5.75 Å². The number of benzene rings is 1. The summed E-state index contributed by atoms with van der Waals surface area (Å²) in [5, 5.41) is 3.31. The number of terminal acetylenes is 1. The Morgan fingerprint density at radius 1 is 1.41 bits per heavy atom. The first-order valence-corrected chi connectivity index (χ1v) is 5.91. The number of rotatable bonds is 5. The van der Waals surface area contributed by atoms with E-state index in [0.29, 0.717) is 0 Å². The van der Waals surface area contributed by atoms with Crippen LogP contribution < -0.4 is 10.1 Å². The first-order valence-electron chi connectivity index (χ1n) is 5.91. The Morgan fingerprint density at radius 3 is 2.71 bits per heavy atom. The van der Waals surface area contributed by atoms with E-state index >= 15 is 0 Å². The Morgan fingerprint density at radius 2 is 2.12 bits per heavy atom. The van der Waals surface area contributed by atoms with Gasteiger partial charge in [-0.25, -0.2) is 0 Å². The van der Waals surface area contributed by atoms with Crippen LogP contribution in [0.15, 0.2) is 24.3 Å². The largest absolute Gasteiger partial charge is 0.491 e. The maximum atomic E-state index is 5.65. The highest BCUT2D eigenvalue weighted by Crippen LogP contribution is 2.15. The molecule has 0 aromatic heterocycles. The fourth-order valence-electron chi connectivity index (χ4n) is 1.37. The van der Waals surface area contributed by atoms with E-state index in [4.69, 9.17) is 11.2 Å². The van der Waals surface area contributed by atoms with Gasteiger partial charge in [0.2, 0.25) is 0 Å². The highest BCUT2D eigenvalue weighted by Gasteiger charge is 2.12. The van der Waals surface area contributed by atoms with Crippen LogP contribution in [0.4, 0.5) is 0 Å². The lowest BCUT2D eigenvalue weighted by molar-refractivity contribution is 0.242. The normalized spacial score (nSPS) is 11.3. The van der Waals surface area contributed by atoms with Crippen LogP contribution in [0.3, 0.4) is 0 Å². The van der Waals surface area contributed by atoms with Crippen molar-refractivity contribution in [2.45, 2.75) is 45.9 Å². The van der Waals surface area contributed by atoms with Gasteiger partial charge in [-0.3, -0.25) is 5.32 Å². The maximum absolute atomic E-state index is 5.65. The van der Waals surface area contributed by atoms with Crippen molar-refractivity contribution >= 4 is 0 Å². The molecular formula is C15H21NO. The van der Waals surface area contributed by atoms with Crippen LogP contribution in [-0.2, 0) is 6.54 Å². The van der Waals surface area contributed by atoms with Crippen molar-refractivity contribution in [3.63, 3.8) is 0 Å². The lowest BCUT2D eigenvalue weighted by atomic mass is 10.1. The molecule has 0 heterocycles. The van der Waals surface area contributed by atoms with Crippen LogP contribution in [0.1, 0.15) is 33.3 Å². The Hall–Kier alpha value is -1.46. The van der Waals surface area contributed by atoms with E-state index in [0.717, 1.165) is 12.3 Å². The molecule has 0 aliphatic carbocycles. The first-order chi connectivity index (χ1) is 7.93. The lowest BCUT2D eigenvalue weighted by Gasteiger charge is -2.20. The summed E-state index contributed by atoms with van der Waals surface area (Å²) in [6.07, 6.45) is 5.62. The third-order valence-electron chi connectivity index (χ3n) is 2.37. The zero-order valence-corrected chi connectivity index (χ0v) is 11.1. The minimum Gasteiger partial charge on any atom is -0.491 e. The summed E-state index contributed by atoms with van der Waals surface area (Å²) in [6.45, 7) is 8.76. The van der Waals surface area contributed by atoms with Crippen molar-refractivity contribution < 1.29 is 4.74 Å². The third kappa shape index (κ3) is 4.93. The highest BCUT2D eigenvalue weighted by atomic mass is 16.5. The van der Waals surface area contributed by atoms with E-state index in [2.05, 4.69) is 17.3 Å². The molecular weight excluding hydrogens is 210 g/mol. The number of nitrogens with one attached hydrogen (secondary N) is 1. The molecule has 0 atom stereocenters. The molecule has 92 valence electrons. The Kier molecular flexibility index (Phi) is 4.60. The molecule has 2 nitrogen and oxygen atoms in total. The predicted octanol–water partition coefficient (Wildman–Crippen LogP) is 2.98. The quantitative estimate of drug-likeness (QED) is 0.787. The van der Waals surface area contributed by atoms with Gasteiger partial charge < -0.3 is 4.74 Å². The summed E-state index contributed by atoms with van der Waals surface area (Å²) in [6, 6.07) is 8.07. The van der Waals surface area contributed by atoms with Crippen molar-refractivity contribution in [1.82, 2.24) is 5.32 Å². The molecule has 0 unspecified atom stereocenters. The molecule has 0 spiro atoms. The molecule has 1 rings (SSSR count). The fraction of sp³-hybridized carbons (Fsp3) is 0.467. The molecule has 0 amide bonds. The maximum Gasteiger partial charge on any atom is 0.120 e. The van der Waals surface area contributed by atoms with E-state index in [-0.39, 0.29) is 11.6 Å². The Bertz CT molecular complexity index is 402. The molecule has 0 saturated carbocycles. The second-order valence-electron chi connectivity index (χ2n) is 4.94. The Balaban J connectivity index is 2.64. The van der Waals surface area contributed by atoms with Gasteiger partial charge >= 0.3 is 0 Å². The second-order valence-corrected chi connectivity index (χ2v) is 4.94. The molecule has 0 bridgehead atoms. The van der Waals surface area contributed by atoms with Crippen molar-refractivity contribution in [1.29, 1.82) is 0 Å². The topological polar surface area (TPSA) is 21.3 Å². The average Bonchev–Trinajstić information content (AvgIpc) is 2.26. The molecule has 0 fully saturated rings. The minimum atomic E-state index is -0.283. The molecule has 0 aliphatic rings. The fourth-order valence-corrected chi connectivity index (χ4v) is 1.37. The molecule has 1 aromatic carbocycles. The first kappa shape index (κ1) is 13.6. The van der Waals surface area contributed by atoms with E-state index < -0.39 is 0 Å². The summed E-state index contributed by atoms with van der Waals surface area (Å²) in [5.41, 5.74) is 0.890. The lowest BCUT2D eigenvalue weighted by Crippen LogP contribution is -2.36. The summed E-state index contributed by atoms with van der Waals surface area (Å²) >= 11 is 0. The molecule has 17 heavy (non-hydrogen) atoms. The molecule has 1 aromatic rings. The van der Waals surface area contributed by atoms with E-state index in [9.17, 15) is 0 Å². The van der Waals surface area contributed by atoms with E-state index in [1.54, 1.807) is 0 Å². The summed E-state index contributed by atoms with van der Waals surface area (Å²) in [4.78, 5) is 0. The van der Waals surface area contributed by atoms with Gasteiger partial charge in [-0.15, -0.1) is 6.42 Å². The average molecular weight is 231 g/mol. The Labute approximate surface area is 104 Å². The summed E-state index contributed by atoms with van der Waals surface area (Å²) in [7, 11) is 0. The van der Waals surface area contributed by atoms with Crippen LogP contribution in [0.2, 0.25) is 0 Å². The number of ether oxygens (including phenoxy) is 1. The standard InChI is InChI=1S/C15H21NO/c1-6-15(4,5)16-11-13-8-7-9-14(10-13)17-12(2)3/h1,7-10,12,16H,11H2,2-5H3. The van der Waals surface area contributed by atoms with E-state index in [1.165, 1.54) is 5.56 Å². The van der Waals surface area contributed by atoms with Gasteiger partial charge in [-0.2, -0.15) is 0 Å². The van der Waals surface area contributed by atoms with Gasteiger partial charge in [-0.1, -0.05) is 18.1 Å². The number of hydrogen-bond donors (Lipinski definition) is 1. The van der Waals surface area contributed by atoms with Crippen LogP contribution in [-0.4, -0.2) is 11.6 Å². The SMILES string of the molecule is C#CC(C)(C)NCc1cccc(OC(C)C)c1. The molecule has 2 heteroatoms. The predicted molar refractivity (Wildman–Crippen MR) is 72.0 cm³/mol. The summed E-state index contributed by atoms with van der Waals surface area (Å²) in [5.74, 6) is 3.62. The van der Waals surface area contributed by atoms with Gasteiger partial charge in [0.15, 0.2) is 0 Å². The van der Waals surface area contributed by atoms with Gasteiger partial charge in [0.05, 0.1) is 11.6 Å². The van der Waals surface area contributed by atoms with Gasteiger partial charge in [0, 0.05) is 6.54 Å². The van der Waals surface area contributed by atoms with Crippen molar-refractivity contribution in [2.24, 2.45) is 0 Å². The zero-order chi connectivity index (χ0) is 12.9. The highest BCUT2D eigenvalue weighted by molar-refractivity contribution is 5.29. The van der Waals surface area contributed by atoms with Crippen LogP contribution in [0.25, 0.3) is 0 Å². The van der Waals surface area contributed by atoms with Crippen molar-refractivity contribution in [3.8, 4) is 18.1 Å². The van der Waals surface area contributed by atoms with E-state index in [1.807, 2.05) is 45.9 Å². The van der Waals surface area contributed by atoms with Gasteiger partial charge in [-0.05, 0) is 45.4 Å². The van der Waals surface area contributed by atoms with Crippen molar-refractivity contribution in [2.75, 3.05) is 0 Å². The monoisotopic (exact) mass is 231 g/mol. The summed E-state index contributed by atoms with van der Waals surface area (Å²) < 4.78 is 5.65. The van der Waals surface area contributed by atoms with Crippen LogP contribution >= 0.6 is 0 Å². The van der Waals surface area contributed by atoms with Crippen molar-refractivity contribution in [3.05, 3.63) is 29.8 Å².